The van der Waals surface area contributed by atoms with E-state index in [4.69, 9.17) is 9.72 Å². The molecule has 1 N–H and O–H groups in total. The van der Waals surface area contributed by atoms with Crippen molar-refractivity contribution in [2.24, 2.45) is 0 Å². The lowest BCUT2D eigenvalue weighted by Gasteiger charge is -2.30. The fraction of sp³-hybridized carbons (Fsp3) is 0.250. The van der Waals surface area contributed by atoms with Crippen LogP contribution in [0.5, 0.6) is 5.75 Å². The number of hydrogen-bond donors (Lipinski definition) is 1. The molecular formula is C20H21N3O. The van der Waals surface area contributed by atoms with Gasteiger partial charge in [0, 0.05) is 48.9 Å². The summed E-state index contributed by atoms with van der Waals surface area (Å²) in [5.74, 6) is 0.839. The minimum absolute atomic E-state index is 0.839. The smallest absolute Gasteiger partial charge is 0.121 e. The number of pyridine rings is 1. The summed E-state index contributed by atoms with van der Waals surface area (Å²) < 4.78 is 5.39. The van der Waals surface area contributed by atoms with Gasteiger partial charge >= 0.3 is 0 Å². The van der Waals surface area contributed by atoms with E-state index in [0.29, 0.717) is 0 Å². The molecule has 1 fully saturated rings. The fourth-order valence-electron chi connectivity index (χ4n) is 3.24. The molecule has 2 heterocycles. The Morgan fingerprint density at radius 3 is 2.54 bits per heavy atom. The number of nitrogens with one attached hydrogen (secondary N) is 1. The van der Waals surface area contributed by atoms with Crippen LogP contribution in [0.15, 0.2) is 54.6 Å². The molecule has 3 aromatic rings. The average molecular weight is 319 g/mol. The van der Waals surface area contributed by atoms with Gasteiger partial charge in [-0.15, -0.1) is 0 Å². The van der Waals surface area contributed by atoms with Crippen LogP contribution in [0.4, 0.5) is 5.69 Å². The van der Waals surface area contributed by atoms with Crippen LogP contribution in [0.1, 0.15) is 0 Å². The Labute approximate surface area is 142 Å². The molecule has 4 rings (SSSR count). The van der Waals surface area contributed by atoms with Crippen molar-refractivity contribution >= 4 is 16.6 Å². The molecule has 122 valence electrons. The summed E-state index contributed by atoms with van der Waals surface area (Å²) in [6, 6.07) is 18.7. The Balaban J connectivity index is 1.90. The van der Waals surface area contributed by atoms with Gasteiger partial charge in [-0.05, 0) is 18.2 Å². The second-order valence-electron chi connectivity index (χ2n) is 6.01. The zero-order chi connectivity index (χ0) is 16.4. The first-order valence-corrected chi connectivity index (χ1v) is 8.35. The standard InChI is InChI=1S/C20H21N3O/c1-24-16-7-8-17-19(13-16)22-18(15-5-3-2-4-6-15)14-20(17)23-11-9-21-10-12-23/h2-8,13-14,21H,9-12H2,1H3. The van der Waals surface area contributed by atoms with Gasteiger partial charge in [-0.25, -0.2) is 4.98 Å². The number of anilines is 1. The lowest BCUT2D eigenvalue weighted by molar-refractivity contribution is 0.415. The van der Waals surface area contributed by atoms with Crippen molar-refractivity contribution in [2.75, 3.05) is 38.2 Å². The first-order chi connectivity index (χ1) is 11.8. The monoisotopic (exact) mass is 319 g/mol. The fourth-order valence-corrected chi connectivity index (χ4v) is 3.24. The Kier molecular flexibility index (Phi) is 4.05. The summed E-state index contributed by atoms with van der Waals surface area (Å²) in [6.45, 7) is 4.06. The predicted molar refractivity (Wildman–Crippen MR) is 98.8 cm³/mol. The highest BCUT2D eigenvalue weighted by molar-refractivity contribution is 5.95. The molecule has 2 aromatic carbocycles. The average Bonchev–Trinajstić information content (AvgIpc) is 2.68. The molecule has 0 aliphatic carbocycles. The molecule has 1 aromatic heterocycles. The summed E-state index contributed by atoms with van der Waals surface area (Å²) in [6.07, 6.45) is 0. The first-order valence-electron chi connectivity index (χ1n) is 8.35. The maximum absolute atomic E-state index is 5.39. The van der Waals surface area contributed by atoms with Crippen LogP contribution < -0.4 is 15.0 Å². The van der Waals surface area contributed by atoms with Gasteiger partial charge in [0.2, 0.25) is 0 Å². The van der Waals surface area contributed by atoms with E-state index in [1.165, 1.54) is 11.1 Å². The number of methoxy groups -OCH3 is 1. The maximum Gasteiger partial charge on any atom is 0.121 e. The second kappa shape index (κ2) is 6.49. The van der Waals surface area contributed by atoms with E-state index in [1.54, 1.807) is 7.11 Å². The van der Waals surface area contributed by atoms with Crippen molar-refractivity contribution in [2.45, 2.75) is 0 Å². The second-order valence-corrected chi connectivity index (χ2v) is 6.01. The van der Waals surface area contributed by atoms with Crippen LogP contribution in [0.2, 0.25) is 0 Å². The van der Waals surface area contributed by atoms with Crippen molar-refractivity contribution in [1.29, 1.82) is 0 Å². The summed E-state index contributed by atoms with van der Waals surface area (Å²) >= 11 is 0. The van der Waals surface area contributed by atoms with Crippen molar-refractivity contribution in [1.82, 2.24) is 10.3 Å². The number of nitrogens with zero attached hydrogens (tertiary/aromatic N) is 2. The molecule has 24 heavy (non-hydrogen) atoms. The molecule has 1 aliphatic rings. The predicted octanol–water partition coefficient (Wildman–Crippen LogP) is 3.32. The van der Waals surface area contributed by atoms with E-state index < -0.39 is 0 Å². The van der Waals surface area contributed by atoms with Crippen LogP contribution in [-0.4, -0.2) is 38.3 Å². The van der Waals surface area contributed by atoms with Gasteiger partial charge in [-0.1, -0.05) is 30.3 Å². The lowest BCUT2D eigenvalue weighted by atomic mass is 10.1. The molecule has 4 nitrogen and oxygen atoms in total. The Hall–Kier alpha value is -2.59. The number of aromatic nitrogens is 1. The first kappa shape index (κ1) is 15.0. The van der Waals surface area contributed by atoms with Gasteiger partial charge in [0.25, 0.3) is 0 Å². The molecule has 1 saturated heterocycles. The van der Waals surface area contributed by atoms with Crippen LogP contribution in [-0.2, 0) is 0 Å². The summed E-state index contributed by atoms with van der Waals surface area (Å²) in [5, 5.41) is 4.60. The van der Waals surface area contributed by atoms with Crippen molar-refractivity contribution in [3.63, 3.8) is 0 Å². The maximum atomic E-state index is 5.39. The van der Waals surface area contributed by atoms with Crippen molar-refractivity contribution in [3.05, 3.63) is 54.6 Å². The Morgan fingerprint density at radius 1 is 1.00 bits per heavy atom. The topological polar surface area (TPSA) is 37.4 Å². The van der Waals surface area contributed by atoms with Gasteiger partial charge in [0.05, 0.1) is 18.3 Å². The van der Waals surface area contributed by atoms with Crippen LogP contribution in [0, 0.1) is 0 Å². The highest BCUT2D eigenvalue weighted by Crippen LogP contribution is 2.33. The van der Waals surface area contributed by atoms with E-state index >= 15 is 0 Å². The molecule has 0 atom stereocenters. The van der Waals surface area contributed by atoms with Crippen molar-refractivity contribution in [3.8, 4) is 17.0 Å². The number of ether oxygens (including phenoxy) is 1. The molecular weight excluding hydrogens is 298 g/mol. The quantitative estimate of drug-likeness (QED) is 0.803. The molecule has 1 aliphatic heterocycles. The van der Waals surface area contributed by atoms with Gasteiger partial charge in [-0.3, -0.25) is 0 Å². The normalized spacial score (nSPS) is 14.8. The van der Waals surface area contributed by atoms with Crippen LogP contribution >= 0.6 is 0 Å². The highest BCUT2D eigenvalue weighted by atomic mass is 16.5. The van der Waals surface area contributed by atoms with E-state index in [-0.39, 0.29) is 0 Å². The van der Waals surface area contributed by atoms with E-state index in [1.807, 2.05) is 18.2 Å². The minimum atomic E-state index is 0.839. The van der Waals surface area contributed by atoms with E-state index in [9.17, 15) is 0 Å². The lowest BCUT2D eigenvalue weighted by Crippen LogP contribution is -2.43. The van der Waals surface area contributed by atoms with Crippen LogP contribution in [0.25, 0.3) is 22.2 Å². The van der Waals surface area contributed by atoms with E-state index in [0.717, 1.165) is 48.7 Å². The molecule has 0 amide bonds. The Morgan fingerprint density at radius 2 is 1.79 bits per heavy atom. The largest absolute Gasteiger partial charge is 0.497 e. The molecule has 0 bridgehead atoms. The molecule has 0 saturated carbocycles. The third-order valence-corrected chi connectivity index (χ3v) is 4.52. The zero-order valence-electron chi connectivity index (χ0n) is 13.8. The molecule has 0 radical (unpaired) electrons. The number of benzene rings is 2. The van der Waals surface area contributed by atoms with Gasteiger partial charge < -0.3 is 15.0 Å². The van der Waals surface area contributed by atoms with Gasteiger partial charge in [0.15, 0.2) is 0 Å². The third kappa shape index (κ3) is 2.81. The summed E-state index contributed by atoms with van der Waals surface area (Å²) in [5.41, 5.74) is 4.37. The van der Waals surface area contributed by atoms with Gasteiger partial charge in [-0.2, -0.15) is 0 Å². The van der Waals surface area contributed by atoms with Crippen molar-refractivity contribution < 1.29 is 4.74 Å². The highest BCUT2D eigenvalue weighted by Gasteiger charge is 2.16. The minimum Gasteiger partial charge on any atom is -0.497 e. The van der Waals surface area contributed by atoms with E-state index in [2.05, 4.69) is 46.6 Å². The third-order valence-electron chi connectivity index (χ3n) is 4.52. The van der Waals surface area contributed by atoms with Gasteiger partial charge in [0.1, 0.15) is 5.75 Å². The Bertz CT molecular complexity index is 842. The molecule has 4 heteroatoms. The number of piperazine rings is 1. The number of fused-ring (bicyclic) bond motifs is 1. The number of rotatable bonds is 3. The molecule has 0 spiro atoms. The van der Waals surface area contributed by atoms with Crippen LogP contribution in [0.3, 0.4) is 0 Å². The zero-order valence-corrected chi connectivity index (χ0v) is 13.8. The SMILES string of the molecule is COc1ccc2c(N3CCNCC3)cc(-c3ccccc3)nc2c1. The summed E-state index contributed by atoms with van der Waals surface area (Å²) in [4.78, 5) is 7.33. The number of hydrogen-bond acceptors (Lipinski definition) is 4. The summed E-state index contributed by atoms with van der Waals surface area (Å²) in [7, 11) is 1.69. The molecule has 0 unspecified atom stereocenters.